The van der Waals surface area contributed by atoms with Crippen LogP contribution in [0.2, 0.25) is 0 Å². The third kappa shape index (κ3) is 4.44. The van der Waals surface area contributed by atoms with Gasteiger partial charge < -0.3 is 9.64 Å². The van der Waals surface area contributed by atoms with E-state index in [0.717, 1.165) is 26.6 Å². The van der Waals surface area contributed by atoms with Crippen LogP contribution in [0.3, 0.4) is 0 Å². The van der Waals surface area contributed by atoms with Crippen molar-refractivity contribution in [2.75, 3.05) is 13.2 Å². The van der Waals surface area contributed by atoms with Gasteiger partial charge >= 0.3 is 0 Å². The van der Waals surface area contributed by atoms with Gasteiger partial charge in [-0.3, -0.25) is 4.79 Å². The molecular weight excluding hydrogens is 516 g/mol. The number of sulfonamides is 1. The Morgan fingerprint density at radius 1 is 0.912 bits per heavy atom. The summed E-state index contributed by atoms with van der Waals surface area (Å²) in [4.78, 5) is 14.7. The van der Waals surface area contributed by atoms with E-state index in [1.807, 2.05) is 36.4 Å². The molecule has 8 heteroatoms. The first-order chi connectivity index (χ1) is 16.3. The molecule has 4 aromatic carbocycles. The van der Waals surface area contributed by atoms with Crippen molar-refractivity contribution >= 4 is 42.6 Å². The number of primary sulfonamides is 1. The molecule has 0 saturated heterocycles. The number of carbonyl (C=O) groups is 1. The van der Waals surface area contributed by atoms with E-state index in [-0.39, 0.29) is 10.8 Å². The van der Waals surface area contributed by atoms with Gasteiger partial charge in [-0.2, -0.15) is 0 Å². The first kappa shape index (κ1) is 22.6. The quantitative estimate of drug-likeness (QED) is 0.377. The van der Waals surface area contributed by atoms with E-state index in [9.17, 15) is 13.2 Å². The molecule has 0 aliphatic carbocycles. The van der Waals surface area contributed by atoms with Crippen LogP contribution in [0.5, 0.6) is 5.75 Å². The zero-order valence-corrected chi connectivity index (χ0v) is 20.5. The summed E-state index contributed by atoms with van der Waals surface area (Å²) in [6.45, 7) is 1.24. The average Bonchev–Trinajstić information content (AvgIpc) is 3.13. The van der Waals surface area contributed by atoms with Gasteiger partial charge in [0.05, 0.1) is 11.4 Å². The summed E-state index contributed by atoms with van der Waals surface area (Å²) in [6.07, 6.45) is 0. The van der Waals surface area contributed by atoms with Gasteiger partial charge in [0.1, 0.15) is 12.4 Å². The molecule has 0 unspecified atom stereocenters. The highest BCUT2D eigenvalue weighted by molar-refractivity contribution is 9.10. The van der Waals surface area contributed by atoms with Crippen LogP contribution in [0.25, 0.3) is 21.9 Å². The minimum atomic E-state index is -3.87. The lowest BCUT2D eigenvalue weighted by Crippen LogP contribution is -2.28. The molecule has 172 valence electrons. The SMILES string of the molecule is NS(=O)(=O)c1ccccc1-c1ccc2c(c1)CN(CCOc1ccc3cc(Br)ccc3c1)C2=O. The fraction of sp³-hybridized carbons (Fsp3) is 0.115. The number of hydrogen-bond donors (Lipinski definition) is 1. The van der Waals surface area contributed by atoms with Crippen molar-refractivity contribution < 1.29 is 17.9 Å². The maximum atomic E-state index is 12.9. The van der Waals surface area contributed by atoms with Crippen LogP contribution in [0.15, 0.2) is 88.2 Å². The number of rotatable bonds is 6. The Morgan fingerprint density at radius 2 is 1.68 bits per heavy atom. The Labute approximate surface area is 206 Å². The molecule has 0 bridgehead atoms. The van der Waals surface area contributed by atoms with E-state index in [2.05, 4.69) is 22.0 Å². The highest BCUT2D eigenvalue weighted by Crippen LogP contribution is 2.32. The van der Waals surface area contributed by atoms with Crippen molar-refractivity contribution in [3.8, 4) is 16.9 Å². The van der Waals surface area contributed by atoms with Crippen molar-refractivity contribution in [2.24, 2.45) is 5.14 Å². The summed E-state index contributed by atoms with van der Waals surface area (Å²) in [5, 5.41) is 7.58. The topological polar surface area (TPSA) is 89.7 Å². The van der Waals surface area contributed by atoms with Gasteiger partial charge in [0.25, 0.3) is 5.91 Å². The molecule has 34 heavy (non-hydrogen) atoms. The Hall–Kier alpha value is -3.20. The van der Waals surface area contributed by atoms with Gasteiger partial charge in [-0.05, 0) is 64.4 Å². The molecule has 2 N–H and O–H groups in total. The van der Waals surface area contributed by atoms with Gasteiger partial charge in [0.15, 0.2) is 0 Å². The standard InChI is InChI=1S/C26H21BrN2O4S/c27-21-8-5-18-15-22(9-6-17(18)14-21)33-12-11-29-16-20-13-19(7-10-24(20)26(29)30)23-3-1-2-4-25(23)34(28,31)32/h1-10,13-15H,11-12,16H2,(H2,28,31,32). The molecule has 5 rings (SSSR count). The van der Waals surface area contributed by atoms with Gasteiger partial charge in [0, 0.05) is 22.1 Å². The lowest BCUT2D eigenvalue weighted by Gasteiger charge is -2.16. The Bertz CT molecular complexity index is 1540. The second kappa shape index (κ2) is 8.87. The van der Waals surface area contributed by atoms with Crippen LogP contribution in [-0.2, 0) is 16.6 Å². The molecule has 1 amide bonds. The predicted octanol–water partition coefficient (Wildman–Crippen LogP) is 4.95. The summed E-state index contributed by atoms with van der Waals surface area (Å²) >= 11 is 3.48. The zero-order valence-electron chi connectivity index (χ0n) is 18.1. The van der Waals surface area contributed by atoms with Gasteiger partial charge in [-0.25, -0.2) is 13.6 Å². The largest absolute Gasteiger partial charge is 0.492 e. The fourth-order valence-electron chi connectivity index (χ4n) is 4.24. The van der Waals surface area contributed by atoms with Crippen molar-refractivity contribution in [1.82, 2.24) is 4.90 Å². The number of hydrogen-bond acceptors (Lipinski definition) is 4. The maximum absolute atomic E-state index is 12.9. The van der Waals surface area contributed by atoms with E-state index in [4.69, 9.17) is 9.88 Å². The molecular formula is C26H21BrN2O4S. The third-order valence-electron chi connectivity index (χ3n) is 5.89. The van der Waals surface area contributed by atoms with Crippen LogP contribution < -0.4 is 9.88 Å². The number of benzene rings is 4. The average molecular weight is 537 g/mol. The van der Waals surface area contributed by atoms with Gasteiger partial charge in [0.2, 0.25) is 10.0 Å². The minimum absolute atomic E-state index is 0.0618. The summed E-state index contributed by atoms with van der Waals surface area (Å²) in [5.41, 5.74) is 2.69. The first-order valence-electron chi connectivity index (χ1n) is 10.7. The number of nitrogens with two attached hydrogens (primary N) is 1. The molecule has 1 aliphatic rings. The summed E-state index contributed by atoms with van der Waals surface area (Å²) in [6, 6.07) is 23.9. The number of amides is 1. The van der Waals surface area contributed by atoms with E-state index < -0.39 is 10.0 Å². The molecule has 0 saturated carbocycles. The summed E-state index contributed by atoms with van der Waals surface area (Å²) < 4.78 is 30.9. The number of carbonyl (C=O) groups excluding carboxylic acids is 1. The highest BCUT2D eigenvalue weighted by atomic mass is 79.9. The summed E-state index contributed by atoms with van der Waals surface area (Å²) in [7, 11) is -3.87. The van der Waals surface area contributed by atoms with Gasteiger partial charge in [-0.15, -0.1) is 0 Å². The number of ether oxygens (including phenoxy) is 1. The third-order valence-corrected chi connectivity index (χ3v) is 7.35. The van der Waals surface area contributed by atoms with Crippen molar-refractivity contribution in [3.63, 3.8) is 0 Å². The van der Waals surface area contributed by atoms with E-state index >= 15 is 0 Å². The number of halogens is 1. The molecule has 0 radical (unpaired) electrons. The Balaban J connectivity index is 1.29. The second-order valence-corrected chi connectivity index (χ2v) is 10.6. The number of nitrogens with zero attached hydrogens (tertiary/aromatic N) is 1. The zero-order chi connectivity index (χ0) is 23.9. The molecule has 6 nitrogen and oxygen atoms in total. The van der Waals surface area contributed by atoms with Crippen LogP contribution >= 0.6 is 15.9 Å². The molecule has 4 aromatic rings. The van der Waals surface area contributed by atoms with E-state index in [1.165, 1.54) is 6.07 Å². The van der Waals surface area contributed by atoms with Crippen molar-refractivity contribution in [1.29, 1.82) is 0 Å². The van der Waals surface area contributed by atoms with Crippen molar-refractivity contribution in [2.45, 2.75) is 11.4 Å². The normalized spacial score (nSPS) is 13.4. The minimum Gasteiger partial charge on any atom is -0.492 e. The first-order valence-corrected chi connectivity index (χ1v) is 13.0. The van der Waals surface area contributed by atoms with Crippen LogP contribution in [0.4, 0.5) is 0 Å². The molecule has 0 atom stereocenters. The molecule has 1 heterocycles. The molecule has 0 aromatic heterocycles. The molecule has 0 spiro atoms. The smallest absolute Gasteiger partial charge is 0.254 e. The lowest BCUT2D eigenvalue weighted by atomic mass is 10.0. The van der Waals surface area contributed by atoms with Crippen LogP contribution in [0, 0.1) is 0 Å². The number of fused-ring (bicyclic) bond motifs is 2. The molecule has 0 fully saturated rings. The summed E-state index contributed by atoms with van der Waals surface area (Å²) in [5.74, 6) is 0.689. The van der Waals surface area contributed by atoms with Crippen molar-refractivity contribution in [3.05, 3.63) is 94.5 Å². The van der Waals surface area contributed by atoms with Gasteiger partial charge in [-0.1, -0.05) is 52.3 Å². The van der Waals surface area contributed by atoms with Crippen LogP contribution in [0.1, 0.15) is 15.9 Å². The fourth-order valence-corrected chi connectivity index (χ4v) is 5.38. The molecule has 1 aliphatic heterocycles. The van der Waals surface area contributed by atoms with E-state index in [1.54, 1.807) is 35.2 Å². The van der Waals surface area contributed by atoms with Crippen LogP contribution in [-0.4, -0.2) is 32.4 Å². The highest BCUT2D eigenvalue weighted by Gasteiger charge is 2.28. The predicted molar refractivity (Wildman–Crippen MR) is 135 cm³/mol. The maximum Gasteiger partial charge on any atom is 0.254 e. The monoisotopic (exact) mass is 536 g/mol. The Morgan fingerprint density at radius 3 is 2.50 bits per heavy atom. The Kier molecular flexibility index (Phi) is 5.89. The lowest BCUT2D eigenvalue weighted by molar-refractivity contribution is 0.0753. The second-order valence-electron chi connectivity index (χ2n) is 8.14. The van der Waals surface area contributed by atoms with E-state index in [0.29, 0.717) is 36.4 Å².